The number of fused-ring (bicyclic) bond motifs is 1. The summed E-state index contributed by atoms with van der Waals surface area (Å²) in [6.07, 6.45) is 1.75. The lowest BCUT2D eigenvalue weighted by atomic mass is 9.97. The Morgan fingerprint density at radius 1 is 1.12 bits per heavy atom. The van der Waals surface area contributed by atoms with Gasteiger partial charge in [-0.3, -0.25) is 4.79 Å². The van der Waals surface area contributed by atoms with Gasteiger partial charge in [-0.25, -0.2) is 4.68 Å². The second kappa shape index (κ2) is 9.43. The quantitative estimate of drug-likeness (QED) is 0.456. The highest BCUT2D eigenvalue weighted by Crippen LogP contribution is 2.31. The molecule has 8 heteroatoms. The largest absolute Gasteiger partial charge is 0.352 e. The lowest BCUT2D eigenvalue weighted by Crippen LogP contribution is -2.43. The maximum absolute atomic E-state index is 13.0. The van der Waals surface area contributed by atoms with Crippen molar-refractivity contribution in [2.24, 2.45) is 5.92 Å². The number of nitrogens with zero attached hydrogens (tertiary/aromatic N) is 5. The number of benzene rings is 2. The highest BCUT2D eigenvalue weighted by molar-refractivity contribution is 6.30. The standard InChI is InChI=1S/C26H27ClN6O/c1-17-23-18(2)33(22-11-4-3-5-12-22)31-24(23)25(30-29-17)32-13-7-9-20(16-32)26(34)28-15-19-8-6-10-21(27)14-19/h3-6,8,10-12,14,20H,7,9,13,15-16H2,1-2H3,(H,28,34). The van der Waals surface area contributed by atoms with E-state index >= 15 is 0 Å². The molecule has 7 nitrogen and oxygen atoms in total. The first-order valence-electron chi connectivity index (χ1n) is 11.6. The van der Waals surface area contributed by atoms with Gasteiger partial charge in [-0.15, -0.1) is 5.10 Å². The Bertz CT molecular complexity index is 1340. The summed E-state index contributed by atoms with van der Waals surface area (Å²) < 4.78 is 1.95. The van der Waals surface area contributed by atoms with Crippen LogP contribution in [0.2, 0.25) is 5.02 Å². The van der Waals surface area contributed by atoms with E-state index in [2.05, 4.69) is 27.3 Å². The van der Waals surface area contributed by atoms with Crippen molar-refractivity contribution in [1.82, 2.24) is 25.3 Å². The van der Waals surface area contributed by atoms with Crippen molar-refractivity contribution in [3.05, 3.63) is 76.6 Å². The number of hydrogen-bond donors (Lipinski definition) is 1. The van der Waals surface area contributed by atoms with E-state index in [1.807, 2.05) is 66.2 Å². The van der Waals surface area contributed by atoms with E-state index in [0.29, 0.717) is 18.1 Å². The van der Waals surface area contributed by atoms with Crippen LogP contribution < -0.4 is 10.2 Å². The predicted molar refractivity (Wildman–Crippen MR) is 134 cm³/mol. The Morgan fingerprint density at radius 2 is 1.94 bits per heavy atom. The number of nitrogens with one attached hydrogen (secondary N) is 1. The number of rotatable bonds is 5. The van der Waals surface area contributed by atoms with Gasteiger partial charge < -0.3 is 10.2 Å². The fourth-order valence-corrected chi connectivity index (χ4v) is 4.92. The minimum Gasteiger partial charge on any atom is -0.352 e. The molecular formula is C26H27ClN6O. The van der Waals surface area contributed by atoms with Gasteiger partial charge in [0.2, 0.25) is 5.91 Å². The van der Waals surface area contributed by atoms with Crippen molar-refractivity contribution in [3.63, 3.8) is 0 Å². The first-order chi connectivity index (χ1) is 16.5. The van der Waals surface area contributed by atoms with Crippen molar-refractivity contribution in [3.8, 4) is 5.69 Å². The second-order valence-corrected chi connectivity index (χ2v) is 9.23. The summed E-state index contributed by atoms with van der Waals surface area (Å²) in [6.45, 7) is 5.90. The van der Waals surface area contributed by atoms with Crippen molar-refractivity contribution in [1.29, 1.82) is 0 Å². The molecule has 0 spiro atoms. The molecule has 1 unspecified atom stereocenters. The summed E-state index contributed by atoms with van der Waals surface area (Å²) in [6, 6.07) is 17.6. The van der Waals surface area contributed by atoms with E-state index < -0.39 is 0 Å². The summed E-state index contributed by atoms with van der Waals surface area (Å²) in [4.78, 5) is 15.1. The molecule has 2 aromatic heterocycles. The normalized spacial score (nSPS) is 16.1. The summed E-state index contributed by atoms with van der Waals surface area (Å²) in [5.41, 5.74) is 4.70. The van der Waals surface area contributed by atoms with Crippen LogP contribution >= 0.6 is 11.6 Å². The van der Waals surface area contributed by atoms with Crippen LogP contribution in [0.15, 0.2) is 54.6 Å². The van der Waals surface area contributed by atoms with Gasteiger partial charge in [-0.1, -0.05) is 41.9 Å². The van der Waals surface area contributed by atoms with Crippen LogP contribution in [0.4, 0.5) is 5.82 Å². The number of anilines is 1. The minimum atomic E-state index is -0.122. The molecule has 1 amide bonds. The zero-order valence-electron chi connectivity index (χ0n) is 19.3. The number of carbonyl (C=O) groups excluding carboxylic acids is 1. The molecule has 34 heavy (non-hydrogen) atoms. The monoisotopic (exact) mass is 474 g/mol. The molecular weight excluding hydrogens is 448 g/mol. The Hall–Kier alpha value is -3.45. The van der Waals surface area contributed by atoms with Crippen molar-refractivity contribution in [2.75, 3.05) is 18.0 Å². The summed E-state index contributed by atoms with van der Waals surface area (Å²) in [5, 5.41) is 18.7. The maximum atomic E-state index is 13.0. The predicted octanol–water partition coefficient (Wildman–Crippen LogP) is 4.62. The van der Waals surface area contributed by atoms with E-state index in [0.717, 1.165) is 58.7 Å². The van der Waals surface area contributed by atoms with Crippen LogP contribution in [0, 0.1) is 19.8 Å². The van der Waals surface area contributed by atoms with E-state index in [-0.39, 0.29) is 11.8 Å². The Labute approximate surface area is 203 Å². The van der Waals surface area contributed by atoms with Gasteiger partial charge in [0.15, 0.2) is 5.82 Å². The van der Waals surface area contributed by atoms with Gasteiger partial charge in [0.25, 0.3) is 0 Å². The minimum absolute atomic E-state index is 0.0481. The molecule has 1 aliphatic heterocycles. The smallest absolute Gasteiger partial charge is 0.225 e. The lowest BCUT2D eigenvalue weighted by molar-refractivity contribution is -0.125. The molecule has 1 atom stereocenters. The average molecular weight is 475 g/mol. The van der Waals surface area contributed by atoms with Crippen molar-refractivity contribution in [2.45, 2.75) is 33.2 Å². The molecule has 2 aromatic carbocycles. The average Bonchev–Trinajstić information content (AvgIpc) is 3.21. The van der Waals surface area contributed by atoms with Gasteiger partial charge in [0.05, 0.1) is 28.4 Å². The number of hydrogen-bond acceptors (Lipinski definition) is 5. The Balaban J connectivity index is 1.39. The fourth-order valence-electron chi connectivity index (χ4n) is 4.71. The van der Waals surface area contributed by atoms with E-state index in [4.69, 9.17) is 16.7 Å². The zero-order chi connectivity index (χ0) is 23.7. The van der Waals surface area contributed by atoms with Crippen LogP contribution in [-0.4, -0.2) is 39.0 Å². The Kier molecular flexibility index (Phi) is 6.20. The first-order valence-corrected chi connectivity index (χ1v) is 11.9. The number of aromatic nitrogens is 4. The number of amides is 1. The molecule has 5 rings (SSSR count). The van der Waals surface area contributed by atoms with E-state index in [9.17, 15) is 4.79 Å². The summed E-state index contributed by atoms with van der Waals surface area (Å²) in [5.74, 6) is 0.668. The SMILES string of the molecule is Cc1nnc(N2CCCC(C(=O)NCc3cccc(Cl)c3)C2)c2nn(-c3ccccc3)c(C)c12. The maximum Gasteiger partial charge on any atom is 0.225 e. The first kappa shape index (κ1) is 22.3. The van der Waals surface area contributed by atoms with Crippen LogP contribution in [0.5, 0.6) is 0 Å². The molecule has 0 bridgehead atoms. The fraction of sp³-hybridized carbons (Fsp3) is 0.308. The number of halogens is 1. The molecule has 1 fully saturated rings. The van der Waals surface area contributed by atoms with Gasteiger partial charge in [-0.05, 0) is 56.5 Å². The third kappa shape index (κ3) is 4.35. The van der Waals surface area contributed by atoms with Gasteiger partial charge in [0.1, 0.15) is 5.52 Å². The molecule has 0 saturated carbocycles. The van der Waals surface area contributed by atoms with Crippen LogP contribution in [0.3, 0.4) is 0 Å². The number of para-hydroxylation sites is 1. The van der Waals surface area contributed by atoms with Crippen LogP contribution in [0.1, 0.15) is 29.8 Å². The molecule has 0 aliphatic carbocycles. The number of carbonyl (C=O) groups is 1. The molecule has 1 aliphatic rings. The second-order valence-electron chi connectivity index (χ2n) is 8.80. The number of piperidine rings is 1. The van der Waals surface area contributed by atoms with E-state index in [1.165, 1.54) is 0 Å². The molecule has 174 valence electrons. The van der Waals surface area contributed by atoms with Crippen molar-refractivity contribution < 1.29 is 4.79 Å². The number of aryl methyl sites for hydroxylation is 2. The third-order valence-electron chi connectivity index (χ3n) is 6.43. The summed E-state index contributed by atoms with van der Waals surface area (Å²) in [7, 11) is 0. The van der Waals surface area contributed by atoms with Crippen molar-refractivity contribution >= 4 is 34.2 Å². The molecule has 0 radical (unpaired) electrons. The highest BCUT2D eigenvalue weighted by Gasteiger charge is 2.29. The summed E-state index contributed by atoms with van der Waals surface area (Å²) >= 11 is 6.07. The van der Waals surface area contributed by atoms with Gasteiger partial charge in [-0.2, -0.15) is 10.2 Å². The Morgan fingerprint density at radius 3 is 2.74 bits per heavy atom. The molecule has 1 saturated heterocycles. The lowest BCUT2D eigenvalue weighted by Gasteiger charge is -2.32. The van der Waals surface area contributed by atoms with Crippen LogP contribution in [0.25, 0.3) is 16.6 Å². The topological polar surface area (TPSA) is 75.9 Å². The third-order valence-corrected chi connectivity index (χ3v) is 6.67. The van der Waals surface area contributed by atoms with E-state index in [1.54, 1.807) is 0 Å². The molecule has 3 heterocycles. The van der Waals surface area contributed by atoms with Gasteiger partial charge >= 0.3 is 0 Å². The van der Waals surface area contributed by atoms with Crippen LogP contribution in [-0.2, 0) is 11.3 Å². The molecule has 1 N–H and O–H groups in total. The highest BCUT2D eigenvalue weighted by atomic mass is 35.5. The zero-order valence-corrected chi connectivity index (χ0v) is 20.1. The van der Waals surface area contributed by atoms with Gasteiger partial charge in [0, 0.05) is 24.7 Å². The molecule has 4 aromatic rings.